The SMILES string of the molecule is CC(NC1CCCC1C)c1ccco1. The maximum atomic E-state index is 5.38. The number of hydrogen-bond acceptors (Lipinski definition) is 2. The predicted molar refractivity (Wildman–Crippen MR) is 57.1 cm³/mol. The van der Waals surface area contributed by atoms with Crippen LogP contribution in [0.1, 0.15) is 44.9 Å². The van der Waals surface area contributed by atoms with Crippen LogP contribution in [0.2, 0.25) is 0 Å². The largest absolute Gasteiger partial charge is 0.468 e. The fourth-order valence-electron chi connectivity index (χ4n) is 2.33. The second kappa shape index (κ2) is 4.18. The summed E-state index contributed by atoms with van der Waals surface area (Å²) >= 11 is 0. The summed E-state index contributed by atoms with van der Waals surface area (Å²) in [5.41, 5.74) is 0. The molecule has 3 atom stereocenters. The van der Waals surface area contributed by atoms with Gasteiger partial charge in [0.2, 0.25) is 0 Å². The molecule has 0 saturated heterocycles. The zero-order valence-electron chi connectivity index (χ0n) is 8.99. The second-order valence-corrected chi connectivity index (χ2v) is 4.42. The molecule has 0 amide bonds. The molecule has 0 radical (unpaired) electrons. The molecule has 1 aliphatic carbocycles. The molecule has 0 aliphatic heterocycles. The van der Waals surface area contributed by atoms with Crippen molar-refractivity contribution in [3.8, 4) is 0 Å². The molecule has 2 heteroatoms. The van der Waals surface area contributed by atoms with E-state index in [4.69, 9.17) is 4.42 Å². The van der Waals surface area contributed by atoms with Crippen LogP contribution in [0.4, 0.5) is 0 Å². The van der Waals surface area contributed by atoms with Crippen molar-refractivity contribution in [3.05, 3.63) is 24.2 Å². The zero-order valence-corrected chi connectivity index (χ0v) is 8.99. The lowest BCUT2D eigenvalue weighted by Crippen LogP contribution is -2.33. The van der Waals surface area contributed by atoms with E-state index < -0.39 is 0 Å². The van der Waals surface area contributed by atoms with Crippen LogP contribution in [-0.2, 0) is 0 Å². The van der Waals surface area contributed by atoms with Crippen molar-refractivity contribution in [1.82, 2.24) is 5.32 Å². The minimum Gasteiger partial charge on any atom is -0.468 e. The van der Waals surface area contributed by atoms with Crippen LogP contribution in [-0.4, -0.2) is 6.04 Å². The average molecular weight is 193 g/mol. The van der Waals surface area contributed by atoms with Gasteiger partial charge in [-0.25, -0.2) is 0 Å². The van der Waals surface area contributed by atoms with Crippen LogP contribution in [0.3, 0.4) is 0 Å². The van der Waals surface area contributed by atoms with Gasteiger partial charge >= 0.3 is 0 Å². The fourth-order valence-corrected chi connectivity index (χ4v) is 2.33. The number of furan rings is 1. The van der Waals surface area contributed by atoms with E-state index in [0.29, 0.717) is 12.1 Å². The predicted octanol–water partition coefficient (Wildman–Crippen LogP) is 3.12. The Morgan fingerprint density at radius 1 is 1.50 bits per heavy atom. The summed E-state index contributed by atoms with van der Waals surface area (Å²) in [6.45, 7) is 4.50. The summed E-state index contributed by atoms with van der Waals surface area (Å²) in [6.07, 6.45) is 5.78. The number of hydrogen-bond donors (Lipinski definition) is 1. The molecule has 2 nitrogen and oxygen atoms in total. The van der Waals surface area contributed by atoms with Crippen LogP contribution in [0, 0.1) is 5.92 Å². The molecular weight excluding hydrogens is 174 g/mol. The maximum absolute atomic E-state index is 5.38. The lowest BCUT2D eigenvalue weighted by Gasteiger charge is -2.21. The summed E-state index contributed by atoms with van der Waals surface area (Å²) in [5.74, 6) is 1.86. The topological polar surface area (TPSA) is 25.2 Å². The van der Waals surface area contributed by atoms with Gasteiger partial charge in [0.1, 0.15) is 5.76 Å². The quantitative estimate of drug-likeness (QED) is 0.798. The van der Waals surface area contributed by atoms with Crippen LogP contribution < -0.4 is 5.32 Å². The van der Waals surface area contributed by atoms with Crippen molar-refractivity contribution in [2.24, 2.45) is 5.92 Å². The Labute approximate surface area is 85.7 Å². The molecule has 1 aromatic heterocycles. The molecule has 1 N–H and O–H groups in total. The molecule has 1 fully saturated rings. The van der Waals surface area contributed by atoms with Gasteiger partial charge in [-0.3, -0.25) is 0 Å². The molecule has 0 aromatic carbocycles. The van der Waals surface area contributed by atoms with Gasteiger partial charge in [-0.15, -0.1) is 0 Å². The van der Waals surface area contributed by atoms with Crippen LogP contribution in [0.15, 0.2) is 22.8 Å². The Morgan fingerprint density at radius 2 is 2.36 bits per heavy atom. The van der Waals surface area contributed by atoms with E-state index >= 15 is 0 Å². The summed E-state index contributed by atoms with van der Waals surface area (Å²) in [5, 5.41) is 3.64. The van der Waals surface area contributed by atoms with Gasteiger partial charge in [-0.2, -0.15) is 0 Å². The van der Waals surface area contributed by atoms with E-state index in [2.05, 4.69) is 19.2 Å². The number of nitrogens with one attached hydrogen (secondary N) is 1. The van der Waals surface area contributed by atoms with Gasteiger partial charge in [-0.05, 0) is 37.8 Å². The van der Waals surface area contributed by atoms with Crippen LogP contribution in [0.25, 0.3) is 0 Å². The second-order valence-electron chi connectivity index (χ2n) is 4.42. The van der Waals surface area contributed by atoms with E-state index in [-0.39, 0.29) is 0 Å². The lowest BCUT2D eigenvalue weighted by molar-refractivity contribution is 0.350. The van der Waals surface area contributed by atoms with E-state index in [1.165, 1.54) is 19.3 Å². The molecule has 0 bridgehead atoms. The highest BCUT2D eigenvalue weighted by atomic mass is 16.3. The Hall–Kier alpha value is -0.760. The van der Waals surface area contributed by atoms with Gasteiger partial charge in [0.15, 0.2) is 0 Å². The molecular formula is C12H19NO. The summed E-state index contributed by atoms with van der Waals surface area (Å²) in [7, 11) is 0. The van der Waals surface area contributed by atoms with Crippen LogP contribution in [0.5, 0.6) is 0 Å². The molecule has 2 rings (SSSR count). The van der Waals surface area contributed by atoms with Crippen molar-refractivity contribution < 1.29 is 4.42 Å². The van der Waals surface area contributed by atoms with Gasteiger partial charge in [0, 0.05) is 6.04 Å². The summed E-state index contributed by atoms with van der Waals surface area (Å²) in [4.78, 5) is 0. The Balaban J connectivity index is 1.91. The highest BCUT2D eigenvalue weighted by Gasteiger charge is 2.25. The third-order valence-corrected chi connectivity index (χ3v) is 3.30. The Bertz CT molecular complexity index is 268. The van der Waals surface area contributed by atoms with Gasteiger partial charge in [0.25, 0.3) is 0 Å². The van der Waals surface area contributed by atoms with Crippen molar-refractivity contribution >= 4 is 0 Å². The molecule has 1 aromatic rings. The van der Waals surface area contributed by atoms with Crippen molar-refractivity contribution in [2.75, 3.05) is 0 Å². The first-order chi connectivity index (χ1) is 6.77. The molecule has 1 aliphatic rings. The van der Waals surface area contributed by atoms with E-state index in [1.807, 2.05) is 12.1 Å². The first-order valence-corrected chi connectivity index (χ1v) is 5.57. The summed E-state index contributed by atoms with van der Waals surface area (Å²) in [6, 6.07) is 5.01. The van der Waals surface area contributed by atoms with Crippen molar-refractivity contribution in [1.29, 1.82) is 0 Å². The van der Waals surface area contributed by atoms with Gasteiger partial charge in [0.05, 0.1) is 12.3 Å². The molecule has 1 saturated carbocycles. The van der Waals surface area contributed by atoms with E-state index in [9.17, 15) is 0 Å². The van der Waals surface area contributed by atoms with E-state index in [1.54, 1.807) is 6.26 Å². The molecule has 14 heavy (non-hydrogen) atoms. The minimum absolute atomic E-state index is 0.343. The Morgan fingerprint density at radius 3 is 2.93 bits per heavy atom. The highest BCUT2D eigenvalue weighted by molar-refractivity contribution is 5.03. The van der Waals surface area contributed by atoms with Gasteiger partial charge < -0.3 is 9.73 Å². The van der Waals surface area contributed by atoms with E-state index in [0.717, 1.165) is 11.7 Å². The standard InChI is InChI=1S/C12H19NO/c1-9-5-3-6-11(9)13-10(2)12-7-4-8-14-12/h4,7-11,13H,3,5-6H2,1-2H3. The third-order valence-electron chi connectivity index (χ3n) is 3.30. The first-order valence-electron chi connectivity index (χ1n) is 5.57. The maximum Gasteiger partial charge on any atom is 0.120 e. The lowest BCUT2D eigenvalue weighted by atomic mass is 10.1. The fraction of sp³-hybridized carbons (Fsp3) is 0.667. The average Bonchev–Trinajstić information content (AvgIpc) is 2.77. The molecule has 1 heterocycles. The molecule has 78 valence electrons. The number of rotatable bonds is 3. The third kappa shape index (κ3) is 2.01. The normalized spacial score (nSPS) is 29.3. The van der Waals surface area contributed by atoms with Crippen molar-refractivity contribution in [3.63, 3.8) is 0 Å². The monoisotopic (exact) mass is 193 g/mol. The molecule has 3 unspecified atom stereocenters. The minimum atomic E-state index is 0.343. The summed E-state index contributed by atoms with van der Waals surface area (Å²) < 4.78 is 5.38. The Kier molecular flexibility index (Phi) is 2.92. The van der Waals surface area contributed by atoms with Crippen molar-refractivity contribution in [2.45, 2.75) is 45.2 Å². The van der Waals surface area contributed by atoms with Gasteiger partial charge in [-0.1, -0.05) is 13.3 Å². The zero-order chi connectivity index (χ0) is 9.97. The smallest absolute Gasteiger partial charge is 0.120 e. The first kappa shape index (κ1) is 9.78. The molecule has 0 spiro atoms. The van der Waals surface area contributed by atoms with Crippen LogP contribution >= 0.6 is 0 Å². The highest BCUT2D eigenvalue weighted by Crippen LogP contribution is 2.27.